The van der Waals surface area contributed by atoms with E-state index < -0.39 is 0 Å². The second-order valence-corrected chi connectivity index (χ2v) is 3.42. The Morgan fingerprint density at radius 2 is 2.33 bits per heavy atom. The van der Waals surface area contributed by atoms with Crippen LogP contribution in [0.15, 0.2) is 12.3 Å². The van der Waals surface area contributed by atoms with Crippen LogP contribution in [0.4, 0.5) is 0 Å². The maximum Gasteiger partial charge on any atom is 0.162 e. The number of aryl methyl sites for hydroxylation is 1. The molecule has 2 rings (SSSR count). The average Bonchev–Trinajstić information content (AvgIpc) is 2.29. The standard InChI is InChI=1S/C7H7ClN3P/c1-4-6-5(8)2-3-9-7(6)11(12)10-4/h2-3H,12H2,1H3. The summed E-state index contributed by atoms with van der Waals surface area (Å²) in [4.78, 5) is 4.16. The fraction of sp³-hybridized carbons (Fsp3) is 0.143. The first-order valence-corrected chi connectivity index (χ1v) is 4.34. The van der Waals surface area contributed by atoms with Crippen LogP contribution >= 0.6 is 21.0 Å². The molecule has 0 saturated heterocycles. The molecule has 12 heavy (non-hydrogen) atoms. The van der Waals surface area contributed by atoms with E-state index in [9.17, 15) is 0 Å². The van der Waals surface area contributed by atoms with Crippen LogP contribution in [-0.2, 0) is 0 Å². The fourth-order valence-electron chi connectivity index (χ4n) is 1.20. The van der Waals surface area contributed by atoms with Gasteiger partial charge in [0.15, 0.2) is 5.65 Å². The van der Waals surface area contributed by atoms with Crippen LogP contribution in [-0.4, -0.2) is 14.5 Å². The zero-order chi connectivity index (χ0) is 8.72. The predicted molar refractivity (Wildman–Crippen MR) is 52.4 cm³/mol. The number of rotatable bonds is 0. The minimum Gasteiger partial charge on any atom is -0.237 e. The average molecular weight is 200 g/mol. The zero-order valence-corrected chi connectivity index (χ0v) is 8.36. The quantitative estimate of drug-likeness (QED) is 0.608. The Labute approximate surface area is 77.0 Å². The van der Waals surface area contributed by atoms with Gasteiger partial charge in [-0.15, -0.1) is 0 Å². The van der Waals surface area contributed by atoms with E-state index in [4.69, 9.17) is 11.6 Å². The third-order valence-corrected chi connectivity index (χ3v) is 2.39. The highest BCUT2D eigenvalue weighted by Gasteiger charge is 2.08. The van der Waals surface area contributed by atoms with E-state index in [1.165, 1.54) is 0 Å². The molecule has 0 radical (unpaired) electrons. The van der Waals surface area contributed by atoms with E-state index in [1.54, 1.807) is 16.7 Å². The molecule has 62 valence electrons. The lowest BCUT2D eigenvalue weighted by Gasteiger charge is -1.92. The molecule has 1 unspecified atom stereocenters. The highest BCUT2D eigenvalue weighted by Crippen LogP contribution is 2.25. The summed E-state index contributed by atoms with van der Waals surface area (Å²) in [7, 11) is 2.47. The Bertz CT molecular complexity index is 437. The van der Waals surface area contributed by atoms with Crippen molar-refractivity contribution >= 4 is 32.0 Å². The van der Waals surface area contributed by atoms with Crippen molar-refractivity contribution in [1.29, 1.82) is 0 Å². The summed E-state index contributed by atoms with van der Waals surface area (Å²) in [5.41, 5.74) is 1.70. The largest absolute Gasteiger partial charge is 0.237 e. The van der Waals surface area contributed by atoms with Gasteiger partial charge in [-0.1, -0.05) is 11.6 Å². The molecule has 0 aliphatic heterocycles. The third kappa shape index (κ3) is 1.01. The van der Waals surface area contributed by atoms with Crippen LogP contribution in [0.25, 0.3) is 11.0 Å². The molecular weight excluding hydrogens is 193 g/mol. The molecule has 0 aliphatic rings. The number of nitrogens with zero attached hydrogens (tertiary/aromatic N) is 3. The Kier molecular flexibility index (Phi) is 1.78. The molecule has 0 aliphatic carbocycles. The second-order valence-electron chi connectivity index (χ2n) is 2.52. The summed E-state index contributed by atoms with van der Waals surface area (Å²) in [6.45, 7) is 1.91. The topological polar surface area (TPSA) is 30.7 Å². The van der Waals surface area contributed by atoms with E-state index in [2.05, 4.69) is 19.5 Å². The molecule has 0 fully saturated rings. The Morgan fingerprint density at radius 3 is 3.00 bits per heavy atom. The van der Waals surface area contributed by atoms with Crippen molar-refractivity contribution in [2.24, 2.45) is 0 Å². The Balaban J connectivity index is 2.99. The molecule has 3 nitrogen and oxygen atoms in total. The molecule has 0 bridgehead atoms. The predicted octanol–water partition coefficient (Wildman–Crippen LogP) is 2.03. The van der Waals surface area contributed by atoms with Gasteiger partial charge in [0, 0.05) is 6.20 Å². The molecule has 0 N–H and O–H groups in total. The highest BCUT2D eigenvalue weighted by molar-refractivity contribution is 7.14. The number of hydrogen-bond donors (Lipinski definition) is 0. The van der Waals surface area contributed by atoms with E-state index in [-0.39, 0.29) is 0 Å². The molecule has 1 atom stereocenters. The molecule has 0 aromatic carbocycles. The minimum atomic E-state index is 0.700. The van der Waals surface area contributed by atoms with Crippen molar-refractivity contribution in [3.05, 3.63) is 23.0 Å². The SMILES string of the molecule is Cc1nn(P)c2nccc(Cl)c12. The van der Waals surface area contributed by atoms with Gasteiger partial charge in [0.25, 0.3) is 0 Å². The van der Waals surface area contributed by atoms with Crippen molar-refractivity contribution in [1.82, 2.24) is 14.5 Å². The first kappa shape index (κ1) is 7.96. The van der Waals surface area contributed by atoms with E-state index in [1.807, 2.05) is 6.92 Å². The molecule has 0 amide bonds. The maximum absolute atomic E-state index is 5.97. The van der Waals surface area contributed by atoms with Crippen LogP contribution in [0, 0.1) is 6.92 Å². The summed E-state index contributed by atoms with van der Waals surface area (Å²) in [5, 5.41) is 5.81. The molecule has 0 spiro atoms. The molecule has 5 heteroatoms. The van der Waals surface area contributed by atoms with Crippen molar-refractivity contribution in [3.8, 4) is 0 Å². The van der Waals surface area contributed by atoms with Gasteiger partial charge in [-0.2, -0.15) is 5.10 Å². The Morgan fingerprint density at radius 1 is 1.58 bits per heavy atom. The van der Waals surface area contributed by atoms with Crippen LogP contribution in [0.5, 0.6) is 0 Å². The van der Waals surface area contributed by atoms with E-state index in [0.717, 1.165) is 16.7 Å². The number of pyridine rings is 1. The van der Waals surface area contributed by atoms with Gasteiger partial charge in [0.2, 0.25) is 0 Å². The lowest BCUT2D eigenvalue weighted by atomic mass is 10.3. The van der Waals surface area contributed by atoms with Crippen molar-refractivity contribution in [2.45, 2.75) is 6.92 Å². The smallest absolute Gasteiger partial charge is 0.162 e. The number of aromatic nitrogens is 3. The molecule has 2 heterocycles. The first-order valence-electron chi connectivity index (χ1n) is 3.45. The Hall–Kier alpha value is -0.660. The van der Waals surface area contributed by atoms with E-state index >= 15 is 0 Å². The van der Waals surface area contributed by atoms with Gasteiger partial charge in [0.05, 0.1) is 16.1 Å². The van der Waals surface area contributed by atoms with Crippen molar-refractivity contribution in [3.63, 3.8) is 0 Å². The first-order chi connectivity index (χ1) is 5.70. The zero-order valence-electron chi connectivity index (χ0n) is 6.45. The fourth-order valence-corrected chi connectivity index (χ4v) is 1.84. The van der Waals surface area contributed by atoms with Gasteiger partial charge >= 0.3 is 0 Å². The summed E-state index contributed by atoms with van der Waals surface area (Å²) in [5.74, 6) is 0. The summed E-state index contributed by atoms with van der Waals surface area (Å²) >= 11 is 5.97. The third-order valence-electron chi connectivity index (χ3n) is 1.72. The summed E-state index contributed by atoms with van der Waals surface area (Å²) < 4.78 is 1.65. The lowest BCUT2D eigenvalue weighted by molar-refractivity contribution is 0.991. The second kappa shape index (κ2) is 2.68. The monoisotopic (exact) mass is 199 g/mol. The van der Waals surface area contributed by atoms with Crippen LogP contribution in [0.1, 0.15) is 5.69 Å². The van der Waals surface area contributed by atoms with Crippen LogP contribution in [0.2, 0.25) is 5.02 Å². The highest BCUT2D eigenvalue weighted by atomic mass is 35.5. The van der Waals surface area contributed by atoms with E-state index in [0.29, 0.717) is 5.02 Å². The molecule has 0 saturated carbocycles. The number of fused-ring (bicyclic) bond motifs is 1. The summed E-state index contributed by atoms with van der Waals surface area (Å²) in [6.07, 6.45) is 1.67. The van der Waals surface area contributed by atoms with Crippen molar-refractivity contribution < 1.29 is 0 Å². The molecular formula is C7H7ClN3P. The van der Waals surface area contributed by atoms with Crippen molar-refractivity contribution in [2.75, 3.05) is 0 Å². The van der Waals surface area contributed by atoms with Gasteiger partial charge in [-0.3, -0.25) is 0 Å². The van der Waals surface area contributed by atoms with Gasteiger partial charge in [-0.25, -0.2) is 9.44 Å². The van der Waals surface area contributed by atoms with Crippen LogP contribution < -0.4 is 0 Å². The van der Waals surface area contributed by atoms with Crippen LogP contribution in [0.3, 0.4) is 0 Å². The number of hydrogen-bond acceptors (Lipinski definition) is 2. The summed E-state index contributed by atoms with van der Waals surface area (Å²) in [6, 6.07) is 1.77. The normalized spacial score (nSPS) is 10.9. The van der Waals surface area contributed by atoms with Gasteiger partial charge < -0.3 is 0 Å². The maximum atomic E-state index is 5.97. The number of halogens is 1. The lowest BCUT2D eigenvalue weighted by Crippen LogP contribution is -1.82. The molecule has 2 aromatic rings. The molecule has 2 aromatic heterocycles. The van der Waals surface area contributed by atoms with Gasteiger partial charge in [0.1, 0.15) is 0 Å². The van der Waals surface area contributed by atoms with Gasteiger partial charge in [-0.05, 0) is 22.4 Å². The minimum absolute atomic E-state index is 0.700.